The molecule has 6 heteroatoms. The second-order valence-electron chi connectivity index (χ2n) is 4.05. The number of hydrazine groups is 1. The van der Waals surface area contributed by atoms with Gasteiger partial charge in [-0.05, 0) is 20.3 Å². The van der Waals surface area contributed by atoms with E-state index in [1.807, 2.05) is 24.7 Å². The molecule has 6 nitrogen and oxygen atoms in total. The van der Waals surface area contributed by atoms with Crippen LogP contribution >= 0.6 is 0 Å². The molecule has 2 heterocycles. The van der Waals surface area contributed by atoms with E-state index in [1.165, 1.54) is 0 Å². The summed E-state index contributed by atoms with van der Waals surface area (Å²) in [7, 11) is 0. The summed E-state index contributed by atoms with van der Waals surface area (Å²) in [5, 5.41) is 4.23. The summed E-state index contributed by atoms with van der Waals surface area (Å²) in [4.78, 5) is 8.97. The largest absolute Gasteiger partial charge is 0.308 e. The maximum atomic E-state index is 5.49. The zero-order chi connectivity index (χ0) is 13.1. The lowest BCUT2D eigenvalue weighted by Crippen LogP contribution is -2.13. The number of nitrogens with one attached hydrogen (secondary N) is 1. The van der Waals surface area contributed by atoms with E-state index in [0.717, 1.165) is 29.8 Å². The molecule has 0 amide bonds. The lowest BCUT2D eigenvalue weighted by molar-refractivity contribution is 0.660. The number of nitrogen functional groups attached to an aromatic ring is 1. The molecular formula is C12H18N6. The fraction of sp³-hybridized carbons (Fsp3) is 0.417. The average Bonchev–Trinajstić information content (AvgIpc) is 2.88. The Morgan fingerprint density at radius 3 is 2.67 bits per heavy atom. The number of rotatable bonds is 4. The quantitative estimate of drug-likeness (QED) is 0.631. The fourth-order valence-electron chi connectivity index (χ4n) is 1.83. The van der Waals surface area contributed by atoms with Gasteiger partial charge < -0.3 is 5.43 Å². The molecule has 0 aliphatic heterocycles. The third-order valence-corrected chi connectivity index (χ3v) is 2.93. The van der Waals surface area contributed by atoms with E-state index in [9.17, 15) is 0 Å². The predicted octanol–water partition coefficient (Wildman–Crippen LogP) is 1.52. The van der Waals surface area contributed by atoms with Gasteiger partial charge in [-0.1, -0.05) is 6.92 Å². The summed E-state index contributed by atoms with van der Waals surface area (Å²) >= 11 is 0. The topological polar surface area (TPSA) is 81.7 Å². The molecule has 0 atom stereocenters. The van der Waals surface area contributed by atoms with Crippen LogP contribution in [0.4, 0.5) is 5.82 Å². The molecule has 0 saturated heterocycles. The van der Waals surface area contributed by atoms with Crippen molar-refractivity contribution >= 4 is 5.82 Å². The number of hydrogen-bond donors (Lipinski definition) is 2. The number of aryl methyl sites for hydroxylation is 2. The van der Waals surface area contributed by atoms with Gasteiger partial charge in [0.15, 0.2) is 5.82 Å². The molecule has 0 spiro atoms. The van der Waals surface area contributed by atoms with Crippen LogP contribution in [0.25, 0.3) is 11.4 Å². The number of hydrogen-bond acceptors (Lipinski definition) is 5. The van der Waals surface area contributed by atoms with E-state index in [1.54, 1.807) is 6.20 Å². The van der Waals surface area contributed by atoms with E-state index in [0.29, 0.717) is 11.6 Å². The van der Waals surface area contributed by atoms with Gasteiger partial charge in [-0.2, -0.15) is 5.10 Å². The van der Waals surface area contributed by atoms with Crippen LogP contribution in [0.5, 0.6) is 0 Å². The minimum atomic E-state index is 0.658. The van der Waals surface area contributed by atoms with Crippen molar-refractivity contribution in [2.75, 3.05) is 5.43 Å². The Labute approximate surface area is 106 Å². The van der Waals surface area contributed by atoms with E-state index in [-0.39, 0.29) is 0 Å². The highest BCUT2D eigenvalue weighted by Gasteiger charge is 2.11. The third-order valence-electron chi connectivity index (χ3n) is 2.93. The van der Waals surface area contributed by atoms with Crippen LogP contribution < -0.4 is 11.3 Å². The zero-order valence-corrected chi connectivity index (χ0v) is 10.9. The maximum Gasteiger partial charge on any atom is 0.165 e. The molecule has 0 fully saturated rings. The summed E-state index contributed by atoms with van der Waals surface area (Å²) in [5.74, 6) is 6.82. The monoisotopic (exact) mass is 246 g/mol. The van der Waals surface area contributed by atoms with Gasteiger partial charge in [0.2, 0.25) is 0 Å². The molecule has 0 aromatic carbocycles. The summed E-state index contributed by atoms with van der Waals surface area (Å²) in [5.41, 5.74) is 5.52. The minimum Gasteiger partial charge on any atom is -0.308 e. The zero-order valence-electron chi connectivity index (χ0n) is 10.9. The van der Waals surface area contributed by atoms with Gasteiger partial charge in [-0.3, -0.25) is 4.68 Å². The Morgan fingerprint density at radius 1 is 1.33 bits per heavy atom. The SMILES string of the molecule is CCc1nc(-c2cnn(CC)c2)nc(NN)c1C. The highest BCUT2D eigenvalue weighted by molar-refractivity contribution is 5.58. The summed E-state index contributed by atoms with van der Waals surface area (Å²) < 4.78 is 1.85. The van der Waals surface area contributed by atoms with Gasteiger partial charge in [-0.25, -0.2) is 15.8 Å². The lowest BCUT2D eigenvalue weighted by atomic mass is 10.2. The maximum absolute atomic E-state index is 5.49. The molecule has 0 aliphatic rings. The Bertz CT molecular complexity index is 520. The summed E-state index contributed by atoms with van der Waals surface area (Å²) in [6.45, 7) is 6.90. The number of anilines is 1. The highest BCUT2D eigenvalue weighted by atomic mass is 15.3. The van der Waals surface area contributed by atoms with E-state index in [4.69, 9.17) is 5.84 Å². The van der Waals surface area contributed by atoms with Gasteiger partial charge >= 0.3 is 0 Å². The summed E-state index contributed by atoms with van der Waals surface area (Å²) in [6, 6.07) is 0. The first-order valence-electron chi connectivity index (χ1n) is 6.06. The molecule has 2 aromatic heterocycles. The second kappa shape index (κ2) is 5.14. The molecule has 0 saturated carbocycles. The van der Waals surface area contributed by atoms with Crippen LogP contribution in [0.3, 0.4) is 0 Å². The van der Waals surface area contributed by atoms with Crippen molar-refractivity contribution < 1.29 is 0 Å². The number of nitrogens with zero attached hydrogens (tertiary/aromatic N) is 4. The van der Waals surface area contributed by atoms with Crippen LogP contribution in [-0.2, 0) is 13.0 Å². The fourth-order valence-corrected chi connectivity index (χ4v) is 1.83. The van der Waals surface area contributed by atoms with Crippen molar-refractivity contribution in [1.82, 2.24) is 19.7 Å². The molecule has 96 valence electrons. The van der Waals surface area contributed by atoms with E-state index >= 15 is 0 Å². The first-order chi connectivity index (χ1) is 8.69. The Hall–Kier alpha value is -1.95. The molecule has 3 N–H and O–H groups in total. The molecule has 0 aliphatic carbocycles. The normalized spacial score (nSPS) is 10.7. The molecule has 2 aromatic rings. The van der Waals surface area contributed by atoms with Crippen molar-refractivity contribution in [2.24, 2.45) is 5.84 Å². The second-order valence-corrected chi connectivity index (χ2v) is 4.05. The lowest BCUT2D eigenvalue weighted by Gasteiger charge is -2.09. The van der Waals surface area contributed by atoms with Gasteiger partial charge in [0.25, 0.3) is 0 Å². The Balaban J connectivity index is 2.50. The molecule has 0 radical (unpaired) electrons. The Morgan fingerprint density at radius 2 is 2.11 bits per heavy atom. The average molecular weight is 246 g/mol. The van der Waals surface area contributed by atoms with Crippen molar-refractivity contribution in [3.8, 4) is 11.4 Å². The highest BCUT2D eigenvalue weighted by Crippen LogP contribution is 2.21. The van der Waals surface area contributed by atoms with Crippen LogP contribution in [0.2, 0.25) is 0 Å². The smallest absolute Gasteiger partial charge is 0.165 e. The minimum absolute atomic E-state index is 0.658. The van der Waals surface area contributed by atoms with Crippen LogP contribution in [0.15, 0.2) is 12.4 Å². The predicted molar refractivity (Wildman–Crippen MR) is 70.9 cm³/mol. The van der Waals surface area contributed by atoms with Crippen molar-refractivity contribution in [2.45, 2.75) is 33.7 Å². The van der Waals surface area contributed by atoms with Crippen molar-refractivity contribution in [1.29, 1.82) is 0 Å². The first-order valence-corrected chi connectivity index (χ1v) is 6.06. The van der Waals surface area contributed by atoms with Gasteiger partial charge in [0, 0.05) is 24.0 Å². The van der Waals surface area contributed by atoms with Gasteiger partial charge in [0.1, 0.15) is 5.82 Å². The third kappa shape index (κ3) is 2.19. The molecule has 2 rings (SSSR count). The van der Waals surface area contributed by atoms with Gasteiger partial charge in [-0.15, -0.1) is 0 Å². The van der Waals surface area contributed by atoms with Crippen LogP contribution in [0.1, 0.15) is 25.1 Å². The van der Waals surface area contributed by atoms with Gasteiger partial charge in [0.05, 0.1) is 11.8 Å². The van der Waals surface area contributed by atoms with E-state index < -0.39 is 0 Å². The Kier molecular flexibility index (Phi) is 3.57. The number of aromatic nitrogens is 4. The standard InChI is InChI=1S/C12H18N6/c1-4-10-8(3)11(17-13)16-12(15-10)9-6-14-18(5-2)7-9/h6-7H,4-5,13H2,1-3H3,(H,15,16,17). The summed E-state index contributed by atoms with van der Waals surface area (Å²) in [6.07, 6.45) is 4.55. The van der Waals surface area contributed by atoms with Crippen LogP contribution in [0, 0.1) is 6.92 Å². The molecule has 0 unspecified atom stereocenters. The molecule has 18 heavy (non-hydrogen) atoms. The van der Waals surface area contributed by atoms with E-state index in [2.05, 4.69) is 27.4 Å². The number of nitrogens with two attached hydrogens (primary N) is 1. The van der Waals surface area contributed by atoms with Crippen molar-refractivity contribution in [3.63, 3.8) is 0 Å². The van der Waals surface area contributed by atoms with Crippen molar-refractivity contribution in [3.05, 3.63) is 23.7 Å². The first kappa shape index (κ1) is 12.5. The van der Waals surface area contributed by atoms with Crippen LogP contribution in [-0.4, -0.2) is 19.7 Å². The molecule has 0 bridgehead atoms. The molecular weight excluding hydrogens is 228 g/mol.